The number of sulfonamides is 1. The van der Waals surface area contributed by atoms with Gasteiger partial charge < -0.3 is 14.2 Å². The first-order chi connectivity index (χ1) is 13.4. The van der Waals surface area contributed by atoms with Crippen LogP contribution in [-0.4, -0.2) is 22.3 Å². The van der Waals surface area contributed by atoms with Crippen molar-refractivity contribution in [3.63, 3.8) is 0 Å². The zero-order valence-corrected chi connectivity index (χ0v) is 16.4. The summed E-state index contributed by atoms with van der Waals surface area (Å²) in [6.45, 7) is 0.145. The highest BCUT2D eigenvalue weighted by Crippen LogP contribution is 2.44. The monoisotopic (exact) mass is 417 g/mol. The van der Waals surface area contributed by atoms with Crippen molar-refractivity contribution in [2.24, 2.45) is 5.14 Å². The lowest BCUT2D eigenvalue weighted by Crippen LogP contribution is -2.11. The number of rotatable bonds is 4. The second-order valence-corrected chi connectivity index (χ2v) is 8.14. The Morgan fingerprint density at radius 2 is 1.50 bits per heavy atom. The summed E-state index contributed by atoms with van der Waals surface area (Å²) in [4.78, 5) is 0.0479. The molecule has 0 aliphatic carbocycles. The fourth-order valence-corrected chi connectivity index (χ4v) is 3.78. The van der Waals surface area contributed by atoms with Crippen LogP contribution in [0.3, 0.4) is 0 Å². The van der Waals surface area contributed by atoms with Gasteiger partial charge in [0, 0.05) is 0 Å². The number of halogens is 1. The van der Waals surface area contributed by atoms with Crippen LogP contribution in [0.4, 0.5) is 0 Å². The van der Waals surface area contributed by atoms with Crippen LogP contribution in [0.25, 0.3) is 22.3 Å². The Kier molecular flexibility index (Phi) is 4.66. The molecule has 0 spiro atoms. The summed E-state index contributed by atoms with van der Waals surface area (Å²) >= 11 is 6.16. The highest BCUT2D eigenvalue weighted by molar-refractivity contribution is 7.89. The largest absolute Gasteiger partial charge is 0.495 e. The zero-order chi connectivity index (χ0) is 19.9. The summed E-state index contributed by atoms with van der Waals surface area (Å²) in [6.07, 6.45) is 0. The zero-order valence-electron chi connectivity index (χ0n) is 14.8. The number of nitrogens with two attached hydrogens (primary N) is 1. The molecule has 0 unspecified atom stereocenters. The summed E-state index contributed by atoms with van der Waals surface area (Å²) in [5.74, 6) is 1.80. The Labute approximate surface area is 167 Å². The third kappa shape index (κ3) is 3.40. The first-order valence-corrected chi connectivity index (χ1v) is 10.2. The summed E-state index contributed by atoms with van der Waals surface area (Å²) < 4.78 is 39.4. The van der Waals surface area contributed by atoms with Gasteiger partial charge in [0.2, 0.25) is 16.8 Å². The summed E-state index contributed by atoms with van der Waals surface area (Å²) in [5.41, 5.74) is 3.37. The average molecular weight is 418 g/mol. The average Bonchev–Trinajstić information content (AvgIpc) is 3.14. The predicted octanol–water partition coefficient (Wildman–Crippen LogP) is 4.06. The molecule has 0 saturated carbocycles. The quantitative estimate of drug-likeness (QED) is 0.691. The van der Waals surface area contributed by atoms with Gasteiger partial charge in [0.05, 0.1) is 17.0 Å². The number of primary sulfonamides is 1. The lowest BCUT2D eigenvalue weighted by atomic mass is 9.94. The van der Waals surface area contributed by atoms with Gasteiger partial charge in [0.25, 0.3) is 0 Å². The minimum atomic E-state index is -3.76. The number of fused-ring (bicyclic) bond motifs is 1. The van der Waals surface area contributed by atoms with Crippen LogP contribution < -0.4 is 19.3 Å². The van der Waals surface area contributed by atoms with Crippen molar-refractivity contribution in [3.8, 4) is 39.5 Å². The van der Waals surface area contributed by atoms with Crippen molar-refractivity contribution in [2.45, 2.75) is 4.90 Å². The molecular formula is C20H16ClNO5S. The lowest BCUT2D eigenvalue weighted by Gasteiger charge is -2.14. The van der Waals surface area contributed by atoms with Crippen LogP contribution in [-0.2, 0) is 10.0 Å². The molecule has 1 aliphatic heterocycles. The minimum Gasteiger partial charge on any atom is -0.495 e. The standard InChI is InChI=1S/C20H16ClNO5S/c1-25-18-8-13(4-7-17(18)21)16-10-20-19(26-11-27-20)9-15(16)12-2-5-14(6-3-12)28(22,23)24/h2-10H,11H2,1H3,(H2,22,23,24). The van der Waals surface area contributed by atoms with Gasteiger partial charge in [-0.15, -0.1) is 0 Å². The van der Waals surface area contributed by atoms with E-state index in [0.717, 1.165) is 22.3 Å². The molecule has 6 nitrogen and oxygen atoms in total. The van der Waals surface area contributed by atoms with E-state index in [1.807, 2.05) is 24.3 Å². The maximum absolute atomic E-state index is 11.5. The Balaban J connectivity index is 1.90. The van der Waals surface area contributed by atoms with Gasteiger partial charge in [-0.25, -0.2) is 13.6 Å². The van der Waals surface area contributed by atoms with Crippen molar-refractivity contribution in [3.05, 3.63) is 59.6 Å². The summed E-state index contributed by atoms with van der Waals surface area (Å²) in [7, 11) is -2.21. The van der Waals surface area contributed by atoms with E-state index >= 15 is 0 Å². The minimum absolute atomic E-state index is 0.0479. The van der Waals surface area contributed by atoms with Gasteiger partial charge in [-0.2, -0.15) is 0 Å². The fraction of sp³-hybridized carbons (Fsp3) is 0.100. The van der Waals surface area contributed by atoms with Crippen LogP contribution in [0.5, 0.6) is 17.2 Å². The van der Waals surface area contributed by atoms with E-state index in [9.17, 15) is 8.42 Å². The molecule has 2 N–H and O–H groups in total. The highest BCUT2D eigenvalue weighted by Gasteiger charge is 2.20. The smallest absolute Gasteiger partial charge is 0.238 e. The van der Waals surface area contributed by atoms with Gasteiger partial charge in [0.1, 0.15) is 5.75 Å². The van der Waals surface area contributed by atoms with E-state index in [1.54, 1.807) is 25.3 Å². The highest BCUT2D eigenvalue weighted by atomic mass is 35.5. The molecule has 28 heavy (non-hydrogen) atoms. The van der Waals surface area contributed by atoms with Crippen molar-refractivity contribution < 1.29 is 22.6 Å². The van der Waals surface area contributed by atoms with Gasteiger partial charge in [-0.1, -0.05) is 29.8 Å². The second-order valence-electron chi connectivity index (χ2n) is 6.17. The van der Waals surface area contributed by atoms with Gasteiger partial charge in [0.15, 0.2) is 11.5 Å². The molecule has 3 aromatic rings. The Bertz CT molecular complexity index is 1160. The molecule has 0 amide bonds. The van der Waals surface area contributed by atoms with Crippen molar-refractivity contribution >= 4 is 21.6 Å². The Morgan fingerprint density at radius 1 is 0.929 bits per heavy atom. The molecule has 144 valence electrons. The molecule has 0 fully saturated rings. The van der Waals surface area contributed by atoms with Crippen LogP contribution in [0.15, 0.2) is 59.5 Å². The SMILES string of the molecule is COc1cc(-c2cc3c(cc2-c2ccc(S(N)(=O)=O)cc2)OCO3)ccc1Cl. The maximum atomic E-state index is 11.5. The third-order valence-corrected chi connectivity index (χ3v) is 5.71. The second kappa shape index (κ2) is 7.01. The summed E-state index contributed by atoms with van der Waals surface area (Å²) in [6, 6.07) is 15.6. The van der Waals surface area contributed by atoms with Crippen LogP contribution in [0.1, 0.15) is 0 Å². The van der Waals surface area contributed by atoms with E-state index in [1.165, 1.54) is 12.1 Å². The van der Waals surface area contributed by atoms with Crippen LogP contribution in [0, 0.1) is 0 Å². The van der Waals surface area contributed by atoms with E-state index in [4.69, 9.17) is 31.0 Å². The number of benzene rings is 3. The van der Waals surface area contributed by atoms with Gasteiger partial charge in [-0.05, 0) is 58.7 Å². The van der Waals surface area contributed by atoms with E-state index in [-0.39, 0.29) is 11.7 Å². The molecule has 3 aromatic carbocycles. The van der Waals surface area contributed by atoms with Crippen LogP contribution >= 0.6 is 11.6 Å². The molecule has 0 bridgehead atoms. The molecule has 0 atom stereocenters. The molecule has 1 heterocycles. The third-order valence-electron chi connectivity index (χ3n) is 4.47. The first-order valence-electron chi connectivity index (χ1n) is 8.27. The van der Waals surface area contributed by atoms with Crippen LogP contribution in [0.2, 0.25) is 5.02 Å². The maximum Gasteiger partial charge on any atom is 0.238 e. The number of methoxy groups -OCH3 is 1. The molecule has 0 saturated heterocycles. The normalized spacial score (nSPS) is 12.8. The predicted molar refractivity (Wildman–Crippen MR) is 106 cm³/mol. The summed E-state index contributed by atoms with van der Waals surface area (Å²) in [5, 5.41) is 5.70. The molecular weight excluding hydrogens is 402 g/mol. The van der Waals surface area contributed by atoms with E-state index in [2.05, 4.69) is 0 Å². The Morgan fingerprint density at radius 3 is 2.07 bits per heavy atom. The van der Waals surface area contributed by atoms with Gasteiger partial charge >= 0.3 is 0 Å². The van der Waals surface area contributed by atoms with Crippen molar-refractivity contribution in [1.29, 1.82) is 0 Å². The van der Waals surface area contributed by atoms with E-state index in [0.29, 0.717) is 22.3 Å². The lowest BCUT2D eigenvalue weighted by molar-refractivity contribution is 0.174. The number of hydrogen-bond acceptors (Lipinski definition) is 5. The Hall–Kier alpha value is -2.74. The number of hydrogen-bond donors (Lipinski definition) is 1. The van der Waals surface area contributed by atoms with Crippen molar-refractivity contribution in [2.75, 3.05) is 13.9 Å². The molecule has 4 rings (SSSR count). The number of ether oxygens (including phenoxy) is 3. The molecule has 0 radical (unpaired) electrons. The molecule has 1 aliphatic rings. The topological polar surface area (TPSA) is 87.9 Å². The van der Waals surface area contributed by atoms with E-state index < -0.39 is 10.0 Å². The molecule has 0 aromatic heterocycles. The fourth-order valence-electron chi connectivity index (χ4n) is 3.07. The molecule has 8 heteroatoms. The van der Waals surface area contributed by atoms with Gasteiger partial charge in [-0.3, -0.25) is 0 Å². The first kappa shape index (κ1) is 18.6. The van der Waals surface area contributed by atoms with Crippen molar-refractivity contribution in [1.82, 2.24) is 0 Å².